The van der Waals surface area contributed by atoms with Crippen molar-refractivity contribution in [3.8, 4) is 0 Å². The van der Waals surface area contributed by atoms with Gasteiger partial charge in [-0.05, 0) is 61.0 Å². The summed E-state index contributed by atoms with van der Waals surface area (Å²) in [4.78, 5) is 1.51. The highest BCUT2D eigenvalue weighted by atomic mass is 35.5. The number of halogens is 1. The Balaban J connectivity index is 1.47. The monoisotopic (exact) mass is 278 g/mol. The molecule has 0 bridgehead atoms. The molecule has 0 aromatic heterocycles. The lowest BCUT2D eigenvalue weighted by Gasteiger charge is -2.31. The summed E-state index contributed by atoms with van der Waals surface area (Å²) in [7, 11) is 0. The molecule has 0 saturated heterocycles. The van der Waals surface area contributed by atoms with E-state index in [9.17, 15) is 0 Å². The van der Waals surface area contributed by atoms with E-state index in [1.54, 1.807) is 5.56 Å². The summed E-state index contributed by atoms with van der Waals surface area (Å²) in [6, 6.07) is 8.90. The van der Waals surface area contributed by atoms with Gasteiger partial charge in [0.05, 0.1) is 0 Å². The third-order valence-corrected chi connectivity index (χ3v) is 7.00. The molecule has 2 fully saturated rings. The maximum absolute atomic E-state index is 6.33. The van der Waals surface area contributed by atoms with Gasteiger partial charge in [0.2, 0.25) is 0 Å². The fraction of sp³-hybridized carbons (Fsp3) is 0.625. The lowest BCUT2D eigenvalue weighted by atomic mass is 9.80. The Bertz CT molecular complexity index is 435. The highest BCUT2D eigenvalue weighted by molar-refractivity contribution is 8.00. The van der Waals surface area contributed by atoms with Crippen LogP contribution in [0.2, 0.25) is 0 Å². The molecule has 3 atom stereocenters. The molecule has 1 aromatic carbocycles. The number of benzene rings is 1. The van der Waals surface area contributed by atoms with Crippen molar-refractivity contribution in [3.63, 3.8) is 0 Å². The Hall–Kier alpha value is -0.140. The van der Waals surface area contributed by atoms with Gasteiger partial charge in [0, 0.05) is 16.0 Å². The second kappa shape index (κ2) is 4.18. The third kappa shape index (κ3) is 1.91. The molecule has 96 valence electrons. The standard InChI is InChI=1S/C16H19ClS/c17-10-16(7-12-5-13(12)8-16)9-14-6-11-3-1-2-4-15(11)18-14/h1-4,12-14H,5-10H2. The number of alkyl halides is 1. The highest BCUT2D eigenvalue weighted by Gasteiger charge is 2.53. The molecule has 18 heavy (non-hydrogen) atoms. The van der Waals surface area contributed by atoms with E-state index in [4.69, 9.17) is 11.6 Å². The first-order valence-electron chi connectivity index (χ1n) is 7.09. The zero-order chi connectivity index (χ0) is 12.2. The fourth-order valence-corrected chi connectivity index (χ4v) is 6.03. The van der Waals surface area contributed by atoms with E-state index in [2.05, 4.69) is 36.0 Å². The minimum atomic E-state index is 0.481. The summed E-state index contributed by atoms with van der Waals surface area (Å²) in [5.74, 6) is 2.96. The zero-order valence-corrected chi connectivity index (χ0v) is 12.1. The Morgan fingerprint density at radius 3 is 2.72 bits per heavy atom. The molecule has 3 unspecified atom stereocenters. The fourth-order valence-electron chi connectivity index (χ4n) is 4.19. The van der Waals surface area contributed by atoms with E-state index >= 15 is 0 Å². The minimum Gasteiger partial charge on any atom is -0.126 e. The summed E-state index contributed by atoms with van der Waals surface area (Å²) >= 11 is 8.43. The van der Waals surface area contributed by atoms with Crippen molar-refractivity contribution in [2.75, 3.05) is 5.88 Å². The molecule has 2 heteroatoms. The van der Waals surface area contributed by atoms with Crippen LogP contribution in [0.3, 0.4) is 0 Å². The van der Waals surface area contributed by atoms with Crippen molar-refractivity contribution in [1.82, 2.24) is 0 Å². The van der Waals surface area contributed by atoms with Gasteiger partial charge in [-0.25, -0.2) is 0 Å². The molecule has 0 amide bonds. The molecule has 3 aliphatic rings. The molecule has 1 aliphatic heterocycles. The first-order chi connectivity index (χ1) is 8.78. The van der Waals surface area contributed by atoms with Crippen molar-refractivity contribution in [2.24, 2.45) is 17.3 Å². The molecule has 0 spiro atoms. The van der Waals surface area contributed by atoms with E-state index in [0.29, 0.717) is 5.41 Å². The molecule has 0 radical (unpaired) electrons. The van der Waals surface area contributed by atoms with Crippen LogP contribution in [0.1, 0.15) is 31.2 Å². The summed E-state index contributed by atoms with van der Waals surface area (Å²) in [5.41, 5.74) is 2.04. The van der Waals surface area contributed by atoms with Crippen LogP contribution in [0.4, 0.5) is 0 Å². The smallest absolute Gasteiger partial charge is 0.0280 e. The maximum atomic E-state index is 6.33. The largest absolute Gasteiger partial charge is 0.126 e. The molecule has 2 aliphatic carbocycles. The van der Waals surface area contributed by atoms with Crippen LogP contribution >= 0.6 is 23.4 Å². The van der Waals surface area contributed by atoms with Crippen molar-refractivity contribution in [1.29, 1.82) is 0 Å². The van der Waals surface area contributed by atoms with Gasteiger partial charge in [-0.3, -0.25) is 0 Å². The van der Waals surface area contributed by atoms with Crippen LogP contribution in [-0.4, -0.2) is 11.1 Å². The minimum absolute atomic E-state index is 0.481. The average molecular weight is 279 g/mol. The Kier molecular flexibility index (Phi) is 2.71. The predicted octanol–water partition coefficient (Wildman–Crippen LogP) is 4.75. The van der Waals surface area contributed by atoms with Gasteiger partial charge in [0.25, 0.3) is 0 Å². The van der Waals surface area contributed by atoms with Crippen molar-refractivity contribution >= 4 is 23.4 Å². The van der Waals surface area contributed by atoms with Gasteiger partial charge in [0.15, 0.2) is 0 Å². The van der Waals surface area contributed by atoms with E-state index in [0.717, 1.165) is 23.0 Å². The van der Waals surface area contributed by atoms with E-state index in [-0.39, 0.29) is 0 Å². The van der Waals surface area contributed by atoms with Crippen molar-refractivity contribution in [3.05, 3.63) is 29.8 Å². The third-order valence-electron chi connectivity index (χ3n) is 5.12. The lowest BCUT2D eigenvalue weighted by molar-refractivity contribution is 0.278. The zero-order valence-electron chi connectivity index (χ0n) is 10.6. The number of fused-ring (bicyclic) bond motifs is 2. The summed E-state index contributed by atoms with van der Waals surface area (Å²) in [5, 5.41) is 0.777. The van der Waals surface area contributed by atoms with Crippen LogP contribution in [0, 0.1) is 17.3 Å². The molecular weight excluding hydrogens is 260 g/mol. The normalized spacial score (nSPS) is 40.6. The van der Waals surface area contributed by atoms with E-state index in [1.807, 2.05) is 0 Å². The van der Waals surface area contributed by atoms with Gasteiger partial charge in [-0.15, -0.1) is 23.4 Å². The molecule has 0 nitrogen and oxygen atoms in total. The van der Waals surface area contributed by atoms with Crippen LogP contribution in [-0.2, 0) is 6.42 Å². The van der Waals surface area contributed by atoms with Gasteiger partial charge in [0.1, 0.15) is 0 Å². The average Bonchev–Trinajstić information content (AvgIpc) is 2.85. The summed E-state index contributed by atoms with van der Waals surface area (Å²) < 4.78 is 0. The van der Waals surface area contributed by atoms with Gasteiger partial charge in [-0.2, -0.15) is 0 Å². The molecule has 0 N–H and O–H groups in total. The molecule has 1 heterocycles. The van der Waals surface area contributed by atoms with Crippen LogP contribution in [0.25, 0.3) is 0 Å². The first-order valence-corrected chi connectivity index (χ1v) is 8.50. The van der Waals surface area contributed by atoms with Gasteiger partial charge < -0.3 is 0 Å². The Morgan fingerprint density at radius 2 is 2.00 bits per heavy atom. The second-order valence-electron chi connectivity index (χ2n) is 6.55. The highest BCUT2D eigenvalue weighted by Crippen LogP contribution is 2.62. The van der Waals surface area contributed by atoms with Gasteiger partial charge >= 0.3 is 0 Å². The first kappa shape index (κ1) is 11.7. The van der Waals surface area contributed by atoms with Gasteiger partial charge in [-0.1, -0.05) is 18.2 Å². The Labute approximate surface area is 118 Å². The number of hydrogen-bond acceptors (Lipinski definition) is 1. The quantitative estimate of drug-likeness (QED) is 0.719. The number of thioether (sulfide) groups is 1. The predicted molar refractivity (Wildman–Crippen MR) is 78.4 cm³/mol. The molecule has 1 aromatic rings. The number of rotatable bonds is 3. The van der Waals surface area contributed by atoms with Crippen molar-refractivity contribution < 1.29 is 0 Å². The lowest BCUT2D eigenvalue weighted by Crippen LogP contribution is -2.25. The maximum Gasteiger partial charge on any atom is 0.0280 e. The SMILES string of the molecule is ClCC1(CC2Cc3ccccc3S2)CC2CC2C1. The van der Waals surface area contributed by atoms with E-state index in [1.165, 1.54) is 37.0 Å². The topological polar surface area (TPSA) is 0 Å². The number of hydrogen-bond donors (Lipinski definition) is 0. The summed E-state index contributed by atoms with van der Waals surface area (Å²) in [6.07, 6.45) is 6.91. The van der Waals surface area contributed by atoms with Crippen molar-refractivity contribution in [2.45, 2.75) is 42.2 Å². The van der Waals surface area contributed by atoms with Crippen LogP contribution in [0.15, 0.2) is 29.2 Å². The molecular formula is C16H19ClS. The summed E-state index contributed by atoms with van der Waals surface area (Å²) in [6.45, 7) is 0. The van der Waals surface area contributed by atoms with E-state index < -0.39 is 0 Å². The Morgan fingerprint density at radius 1 is 1.22 bits per heavy atom. The second-order valence-corrected chi connectivity index (χ2v) is 8.16. The van der Waals surface area contributed by atoms with Crippen LogP contribution in [0.5, 0.6) is 0 Å². The van der Waals surface area contributed by atoms with Crippen LogP contribution < -0.4 is 0 Å². The molecule has 2 saturated carbocycles. The molecule has 4 rings (SSSR count).